The van der Waals surface area contributed by atoms with Gasteiger partial charge in [0.1, 0.15) is 17.5 Å². The number of anilines is 1. The molecule has 0 bridgehead atoms. The number of methoxy groups -OCH3 is 1. The van der Waals surface area contributed by atoms with Crippen molar-refractivity contribution in [2.24, 2.45) is 5.92 Å². The predicted octanol–water partition coefficient (Wildman–Crippen LogP) is 4.15. The van der Waals surface area contributed by atoms with Crippen LogP contribution in [0.5, 0.6) is 11.5 Å². The van der Waals surface area contributed by atoms with Crippen LogP contribution >= 0.6 is 0 Å². The van der Waals surface area contributed by atoms with E-state index in [9.17, 15) is 13.2 Å². The third kappa shape index (κ3) is 6.88. The first kappa shape index (κ1) is 25.5. The molecule has 2 atom stereocenters. The minimum atomic E-state index is -3.70. The highest BCUT2D eigenvalue weighted by molar-refractivity contribution is 7.92. The van der Waals surface area contributed by atoms with Crippen LogP contribution in [-0.2, 0) is 14.8 Å². The van der Waals surface area contributed by atoms with Crippen LogP contribution in [0.1, 0.15) is 45.7 Å². The van der Waals surface area contributed by atoms with Crippen LogP contribution in [-0.4, -0.2) is 40.3 Å². The van der Waals surface area contributed by atoms with E-state index in [0.717, 1.165) is 21.9 Å². The molecule has 0 fully saturated rings. The lowest BCUT2D eigenvalue weighted by Gasteiger charge is -2.30. The molecule has 176 valence electrons. The van der Waals surface area contributed by atoms with E-state index in [1.54, 1.807) is 38.3 Å². The van der Waals surface area contributed by atoms with Crippen molar-refractivity contribution in [3.05, 3.63) is 54.1 Å². The zero-order valence-corrected chi connectivity index (χ0v) is 20.5. The van der Waals surface area contributed by atoms with Crippen molar-refractivity contribution >= 4 is 21.6 Å². The van der Waals surface area contributed by atoms with E-state index in [-0.39, 0.29) is 11.9 Å². The fourth-order valence-electron chi connectivity index (χ4n) is 3.54. The maximum atomic E-state index is 13.2. The van der Waals surface area contributed by atoms with Gasteiger partial charge in [0.15, 0.2) is 0 Å². The highest BCUT2D eigenvalue weighted by Crippen LogP contribution is 2.26. The Bertz CT molecular complexity index is 972. The first-order valence-corrected chi connectivity index (χ1v) is 12.6. The summed E-state index contributed by atoms with van der Waals surface area (Å²) < 4.78 is 37.0. The molecule has 0 saturated carbocycles. The fraction of sp³-hybridized carbons (Fsp3) is 0.458. The van der Waals surface area contributed by atoms with Gasteiger partial charge in [0, 0.05) is 0 Å². The molecule has 0 unspecified atom stereocenters. The Morgan fingerprint density at radius 1 is 1.00 bits per heavy atom. The first-order valence-electron chi connectivity index (χ1n) is 10.7. The van der Waals surface area contributed by atoms with Gasteiger partial charge < -0.3 is 14.8 Å². The molecule has 0 radical (unpaired) electrons. The van der Waals surface area contributed by atoms with Gasteiger partial charge in [-0.1, -0.05) is 26.0 Å². The normalized spacial score (nSPS) is 13.3. The van der Waals surface area contributed by atoms with Crippen LogP contribution < -0.4 is 19.1 Å². The minimum absolute atomic E-state index is 0.252. The highest BCUT2D eigenvalue weighted by Gasteiger charge is 2.30. The number of hydrogen-bond acceptors (Lipinski definition) is 5. The van der Waals surface area contributed by atoms with E-state index >= 15 is 0 Å². The highest BCUT2D eigenvalue weighted by atomic mass is 32.2. The van der Waals surface area contributed by atoms with Gasteiger partial charge in [-0.15, -0.1) is 0 Å². The number of carbonyl (C=O) groups excluding carboxylic acids is 1. The van der Waals surface area contributed by atoms with Gasteiger partial charge in [-0.2, -0.15) is 0 Å². The average Bonchev–Trinajstić information content (AvgIpc) is 2.73. The Kier molecular flexibility index (Phi) is 8.95. The van der Waals surface area contributed by atoms with E-state index in [2.05, 4.69) is 19.2 Å². The number of nitrogens with zero attached hydrogens (tertiary/aromatic N) is 1. The van der Waals surface area contributed by atoms with Gasteiger partial charge in [0.25, 0.3) is 0 Å². The van der Waals surface area contributed by atoms with Gasteiger partial charge in [-0.05, 0) is 68.1 Å². The maximum Gasteiger partial charge on any atom is 0.244 e. The van der Waals surface area contributed by atoms with Crippen LogP contribution in [0.2, 0.25) is 0 Å². The van der Waals surface area contributed by atoms with E-state index < -0.39 is 16.1 Å². The Morgan fingerprint density at radius 2 is 1.56 bits per heavy atom. The van der Waals surface area contributed by atoms with E-state index in [1.807, 2.05) is 31.2 Å². The average molecular weight is 463 g/mol. The summed E-state index contributed by atoms with van der Waals surface area (Å²) in [6, 6.07) is 13.0. The second kappa shape index (κ2) is 11.2. The molecule has 0 aliphatic carbocycles. The SMILES string of the molecule is CCOc1ccc(N([C@H](C)C(=O)N[C@H](CC(C)C)c2ccc(OC)cc2)S(C)(=O)=O)cc1. The summed E-state index contributed by atoms with van der Waals surface area (Å²) in [6.45, 7) is 8.13. The van der Waals surface area contributed by atoms with Crippen molar-refractivity contribution in [1.82, 2.24) is 5.32 Å². The Balaban J connectivity index is 2.29. The quantitative estimate of drug-likeness (QED) is 0.542. The molecular formula is C24H34N2O5S. The van der Waals surface area contributed by atoms with E-state index in [4.69, 9.17) is 9.47 Å². The standard InChI is InChI=1S/C24H34N2O5S/c1-7-31-22-14-10-20(11-15-22)26(32(6,28)29)18(4)24(27)25-23(16-17(2)3)19-8-12-21(30-5)13-9-19/h8-15,17-18,23H,7,16H2,1-6H3,(H,25,27)/t18-,23-/m1/s1. The second-order valence-electron chi connectivity index (χ2n) is 8.13. The summed E-state index contributed by atoms with van der Waals surface area (Å²) in [4.78, 5) is 13.2. The lowest BCUT2D eigenvalue weighted by atomic mass is 9.96. The minimum Gasteiger partial charge on any atom is -0.497 e. The molecule has 1 amide bonds. The first-order chi connectivity index (χ1) is 15.1. The third-order valence-electron chi connectivity index (χ3n) is 5.03. The fourth-order valence-corrected chi connectivity index (χ4v) is 4.72. The Morgan fingerprint density at radius 3 is 2.03 bits per heavy atom. The zero-order valence-electron chi connectivity index (χ0n) is 19.7. The molecule has 7 nitrogen and oxygen atoms in total. The molecule has 0 aromatic heterocycles. The number of hydrogen-bond donors (Lipinski definition) is 1. The van der Waals surface area contributed by atoms with Crippen molar-refractivity contribution in [3.63, 3.8) is 0 Å². The van der Waals surface area contributed by atoms with Gasteiger partial charge in [0.05, 0.1) is 31.7 Å². The van der Waals surface area contributed by atoms with Gasteiger partial charge in [0.2, 0.25) is 15.9 Å². The van der Waals surface area contributed by atoms with Gasteiger partial charge in [-0.25, -0.2) is 8.42 Å². The maximum absolute atomic E-state index is 13.2. The number of ether oxygens (including phenoxy) is 2. The zero-order chi connectivity index (χ0) is 23.9. The molecule has 2 aromatic rings. The van der Waals surface area contributed by atoms with Crippen molar-refractivity contribution in [1.29, 1.82) is 0 Å². The van der Waals surface area contributed by atoms with Crippen molar-refractivity contribution < 1.29 is 22.7 Å². The number of nitrogens with one attached hydrogen (secondary N) is 1. The summed E-state index contributed by atoms with van der Waals surface area (Å²) in [6.07, 6.45) is 1.81. The van der Waals surface area contributed by atoms with Gasteiger partial charge >= 0.3 is 0 Å². The Labute approximate surface area is 191 Å². The lowest BCUT2D eigenvalue weighted by molar-refractivity contribution is -0.122. The van der Waals surface area contributed by atoms with E-state index in [0.29, 0.717) is 30.4 Å². The largest absolute Gasteiger partial charge is 0.497 e. The lowest BCUT2D eigenvalue weighted by Crippen LogP contribution is -2.48. The van der Waals surface area contributed by atoms with Crippen LogP contribution in [0.15, 0.2) is 48.5 Å². The summed E-state index contributed by atoms with van der Waals surface area (Å²) in [5.74, 6) is 1.33. The Hall–Kier alpha value is -2.74. The van der Waals surface area contributed by atoms with Crippen molar-refractivity contribution in [2.45, 2.75) is 46.2 Å². The predicted molar refractivity (Wildman–Crippen MR) is 128 cm³/mol. The summed E-state index contributed by atoms with van der Waals surface area (Å²) in [7, 11) is -2.10. The number of carbonyl (C=O) groups is 1. The number of benzene rings is 2. The van der Waals surface area contributed by atoms with Crippen molar-refractivity contribution in [3.8, 4) is 11.5 Å². The number of amides is 1. The van der Waals surface area contributed by atoms with Crippen LogP contribution in [0.3, 0.4) is 0 Å². The summed E-state index contributed by atoms with van der Waals surface area (Å²) in [5, 5.41) is 3.05. The van der Waals surface area contributed by atoms with E-state index in [1.165, 1.54) is 0 Å². The molecule has 0 saturated heterocycles. The molecule has 2 rings (SSSR count). The summed E-state index contributed by atoms with van der Waals surface area (Å²) in [5.41, 5.74) is 1.34. The number of sulfonamides is 1. The third-order valence-corrected chi connectivity index (χ3v) is 6.27. The van der Waals surface area contributed by atoms with Gasteiger partial charge in [-0.3, -0.25) is 9.10 Å². The topological polar surface area (TPSA) is 84.9 Å². The molecule has 0 heterocycles. The molecule has 0 aliphatic heterocycles. The molecule has 0 spiro atoms. The van der Waals surface area contributed by atoms with Crippen LogP contribution in [0.4, 0.5) is 5.69 Å². The molecule has 8 heteroatoms. The second-order valence-corrected chi connectivity index (χ2v) is 9.99. The molecular weight excluding hydrogens is 428 g/mol. The number of rotatable bonds is 11. The van der Waals surface area contributed by atoms with Crippen LogP contribution in [0, 0.1) is 5.92 Å². The molecule has 2 aromatic carbocycles. The molecule has 32 heavy (non-hydrogen) atoms. The van der Waals surface area contributed by atoms with Crippen LogP contribution in [0.25, 0.3) is 0 Å². The molecule has 1 N–H and O–H groups in total. The monoisotopic (exact) mass is 462 g/mol. The smallest absolute Gasteiger partial charge is 0.244 e. The summed E-state index contributed by atoms with van der Waals surface area (Å²) >= 11 is 0. The van der Waals surface area contributed by atoms with Crippen molar-refractivity contribution in [2.75, 3.05) is 24.3 Å². The molecule has 0 aliphatic rings.